The fraction of sp³-hybridized carbons (Fsp3) is 0.0909. The molecule has 0 radical (unpaired) electrons. The van der Waals surface area contributed by atoms with Crippen LogP contribution < -0.4 is 4.90 Å². The van der Waals surface area contributed by atoms with E-state index in [0.29, 0.717) is 5.69 Å². The lowest BCUT2D eigenvalue weighted by Gasteiger charge is -2.10. The van der Waals surface area contributed by atoms with Crippen LogP contribution in [0.5, 0.6) is 0 Å². The highest BCUT2D eigenvalue weighted by Gasteiger charge is 2.12. The van der Waals surface area contributed by atoms with Gasteiger partial charge in [-0.05, 0) is 19.1 Å². The highest BCUT2D eigenvalue weighted by molar-refractivity contribution is 6.03. The minimum absolute atomic E-state index is 0.129. The molecular formula is C11H10N2O2. The Morgan fingerprint density at radius 1 is 1.47 bits per heavy atom. The molecule has 76 valence electrons. The molecule has 1 amide bonds. The molecule has 0 fully saturated rings. The zero-order valence-corrected chi connectivity index (χ0v) is 8.21. The standard InChI is InChI=1S/C11H10N2O2/c1-9(14)7-11(15)13(8-12)10-5-3-2-4-6-10/h2-7,14H,1H3. The number of carbonyl (C=O) groups excluding carboxylic acids is 1. The molecule has 15 heavy (non-hydrogen) atoms. The predicted octanol–water partition coefficient (Wildman–Crippen LogP) is 1.96. The number of nitrogens with zero attached hydrogens (tertiary/aromatic N) is 2. The van der Waals surface area contributed by atoms with E-state index in [2.05, 4.69) is 0 Å². The predicted molar refractivity (Wildman–Crippen MR) is 55.9 cm³/mol. The first-order valence-electron chi connectivity index (χ1n) is 4.31. The molecule has 4 nitrogen and oxygen atoms in total. The largest absolute Gasteiger partial charge is 0.512 e. The van der Waals surface area contributed by atoms with E-state index >= 15 is 0 Å². The molecule has 0 unspecified atom stereocenters. The third-order valence-electron chi connectivity index (χ3n) is 1.67. The van der Waals surface area contributed by atoms with Crippen molar-refractivity contribution in [1.82, 2.24) is 0 Å². The number of hydrogen-bond donors (Lipinski definition) is 1. The highest BCUT2D eigenvalue weighted by atomic mass is 16.3. The van der Waals surface area contributed by atoms with Crippen LogP contribution in [0.2, 0.25) is 0 Å². The summed E-state index contributed by atoms with van der Waals surface area (Å²) in [5, 5.41) is 17.7. The Balaban J connectivity index is 2.97. The number of amides is 1. The van der Waals surface area contributed by atoms with Crippen LogP contribution in [0, 0.1) is 11.5 Å². The van der Waals surface area contributed by atoms with Gasteiger partial charge in [0, 0.05) is 6.08 Å². The third kappa shape index (κ3) is 2.85. The smallest absolute Gasteiger partial charge is 0.267 e. The Kier molecular flexibility index (Phi) is 3.47. The molecule has 1 N–H and O–H groups in total. The molecule has 0 aliphatic carbocycles. The number of benzene rings is 1. The number of para-hydroxylation sites is 1. The van der Waals surface area contributed by atoms with Gasteiger partial charge in [-0.1, -0.05) is 18.2 Å². The number of hydrogen-bond acceptors (Lipinski definition) is 3. The number of aliphatic hydroxyl groups excluding tert-OH is 1. The van der Waals surface area contributed by atoms with E-state index in [0.717, 1.165) is 11.0 Å². The summed E-state index contributed by atoms with van der Waals surface area (Å²) in [7, 11) is 0. The van der Waals surface area contributed by atoms with Crippen molar-refractivity contribution in [3.8, 4) is 6.19 Å². The molecule has 0 atom stereocenters. The van der Waals surface area contributed by atoms with Gasteiger partial charge in [-0.2, -0.15) is 5.26 Å². The molecule has 0 aliphatic rings. The van der Waals surface area contributed by atoms with E-state index in [1.165, 1.54) is 6.92 Å². The van der Waals surface area contributed by atoms with Crippen molar-refractivity contribution in [2.45, 2.75) is 6.92 Å². The van der Waals surface area contributed by atoms with Gasteiger partial charge in [-0.3, -0.25) is 4.79 Å². The van der Waals surface area contributed by atoms with Crippen LogP contribution in [0.4, 0.5) is 5.69 Å². The summed E-state index contributed by atoms with van der Waals surface area (Å²) in [4.78, 5) is 12.4. The van der Waals surface area contributed by atoms with Crippen LogP contribution >= 0.6 is 0 Å². The first kappa shape index (κ1) is 10.8. The first-order chi connectivity index (χ1) is 7.15. The normalized spacial score (nSPS) is 10.5. The summed E-state index contributed by atoms with van der Waals surface area (Å²) in [6, 6.07) is 8.52. The van der Waals surface area contributed by atoms with Crippen molar-refractivity contribution in [2.75, 3.05) is 4.90 Å². The van der Waals surface area contributed by atoms with Crippen LogP contribution in [0.25, 0.3) is 0 Å². The van der Waals surface area contributed by atoms with E-state index in [1.807, 2.05) is 0 Å². The molecule has 0 aromatic heterocycles. The van der Waals surface area contributed by atoms with Gasteiger partial charge >= 0.3 is 0 Å². The number of aliphatic hydroxyl groups is 1. The molecule has 0 saturated heterocycles. The zero-order valence-electron chi connectivity index (χ0n) is 8.21. The van der Waals surface area contributed by atoms with Crippen LogP contribution in [0.15, 0.2) is 42.2 Å². The van der Waals surface area contributed by atoms with Crippen molar-refractivity contribution in [2.24, 2.45) is 0 Å². The lowest BCUT2D eigenvalue weighted by atomic mass is 10.3. The highest BCUT2D eigenvalue weighted by Crippen LogP contribution is 2.12. The molecule has 1 rings (SSSR count). The summed E-state index contributed by atoms with van der Waals surface area (Å²) in [5.41, 5.74) is 0.475. The Labute approximate surface area is 87.7 Å². The summed E-state index contributed by atoms with van der Waals surface area (Å²) < 4.78 is 0. The van der Waals surface area contributed by atoms with Crippen molar-refractivity contribution < 1.29 is 9.90 Å². The molecular weight excluding hydrogens is 192 g/mol. The van der Waals surface area contributed by atoms with Gasteiger partial charge in [-0.25, -0.2) is 4.90 Å². The van der Waals surface area contributed by atoms with E-state index < -0.39 is 5.91 Å². The number of nitriles is 1. The lowest BCUT2D eigenvalue weighted by Crippen LogP contribution is -2.23. The molecule has 0 heterocycles. The topological polar surface area (TPSA) is 64.3 Å². The third-order valence-corrected chi connectivity index (χ3v) is 1.67. The Morgan fingerprint density at radius 3 is 2.53 bits per heavy atom. The summed E-state index contributed by atoms with van der Waals surface area (Å²) in [5.74, 6) is -0.695. The maximum absolute atomic E-state index is 11.5. The average molecular weight is 202 g/mol. The summed E-state index contributed by atoms with van der Waals surface area (Å²) in [6.07, 6.45) is 2.75. The minimum Gasteiger partial charge on any atom is -0.512 e. The SMILES string of the molecule is CC(O)=CC(=O)N(C#N)c1ccccc1. The van der Waals surface area contributed by atoms with Crippen LogP contribution in [-0.4, -0.2) is 11.0 Å². The molecule has 0 aliphatic heterocycles. The van der Waals surface area contributed by atoms with Gasteiger partial charge in [0.2, 0.25) is 0 Å². The Hall–Kier alpha value is -2.28. The number of rotatable bonds is 2. The molecule has 0 bridgehead atoms. The number of anilines is 1. The van der Waals surface area contributed by atoms with E-state index in [1.54, 1.807) is 36.5 Å². The summed E-state index contributed by atoms with van der Waals surface area (Å²) >= 11 is 0. The Bertz CT molecular complexity index is 414. The molecule has 0 saturated carbocycles. The number of allylic oxidation sites excluding steroid dienone is 1. The Morgan fingerprint density at radius 2 is 2.07 bits per heavy atom. The van der Waals surface area contributed by atoms with Gasteiger partial charge in [-0.15, -0.1) is 0 Å². The van der Waals surface area contributed by atoms with Crippen molar-refractivity contribution in [3.05, 3.63) is 42.2 Å². The second kappa shape index (κ2) is 4.82. The van der Waals surface area contributed by atoms with Crippen molar-refractivity contribution in [3.63, 3.8) is 0 Å². The van der Waals surface area contributed by atoms with Crippen molar-refractivity contribution >= 4 is 11.6 Å². The van der Waals surface area contributed by atoms with Crippen LogP contribution in [0.1, 0.15) is 6.92 Å². The van der Waals surface area contributed by atoms with Gasteiger partial charge < -0.3 is 5.11 Å². The van der Waals surface area contributed by atoms with Crippen LogP contribution in [-0.2, 0) is 4.79 Å². The van der Waals surface area contributed by atoms with Crippen molar-refractivity contribution in [1.29, 1.82) is 5.26 Å². The monoisotopic (exact) mass is 202 g/mol. The zero-order chi connectivity index (χ0) is 11.3. The quantitative estimate of drug-likeness (QED) is 0.345. The van der Waals surface area contributed by atoms with E-state index in [9.17, 15) is 4.79 Å². The van der Waals surface area contributed by atoms with Gasteiger partial charge in [0.25, 0.3) is 5.91 Å². The van der Waals surface area contributed by atoms with Gasteiger partial charge in [0.15, 0.2) is 6.19 Å². The van der Waals surface area contributed by atoms with Gasteiger partial charge in [0.1, 0.15) is 0 Å². The van der Waals surface area contributed by atoms with Crippen LogP contribution in [0.3, 0.4) is 0 Å². The lowest BCUT2D eigenvalue weighted by molar-refractivity contribution is -0.113. The first-order valence-corrected chi connectivity index (χ1v) is 4.31. The molecule has 1 aromatic carbocycles. The maximum atomic E-state index is 11.5. The molecule has 0 spiro atoms. The van der Waals surface area contributed by atoms with E-state index in [4.69, 9.17) is 10.4 Å². The van der Waals surface area contributed by atoms with Gasteiger partial charge in [0.05, 0.1) is 11.4 Å². The molecule has 1 aromatic rings. The second-order valence-corrected chi connectivity index (χ2v) is 2.89. The molecule has 4 heteroatoms. The van der Waals surface area contributed by atoms with E-state index in [-0.39, 0.29) is 5.76 Å². The maximum Gasteiger partial charge on any atom is 0.267 e. The number of carbonyl (C=O) groups is 1. The average Bonchev–Trinajstić information content (AvgIpc) is 2.19. The fourth-order valence-electron chi connectivity index (χ4n) is 1.05. The fourth-order valence-corrected chi connectivity index (χ4v) is 1.05. The minimum atomic E-state index is -0.566. The summed E-state index contributed by atoms with van der Waals surface area (Å²) in [6.45, 7) is 1.37. The second-order valence-electron chi connectivity index (χ2n) is 2.89.